The number of hydrogen-bond donors (Lipinski definition) is 2. The first kappa shape index (κ1) is 13.1. The molecule has 0 amide bonds. The van der Waals surface area contributed by atoms with Crippen LogP contribution in [0.5, 0.6) is 0 Å². The van der Waals surface area contributed by atoms with Gasteiger partial charge in [-0.25, -0.2) is 4.39 Å². The van der Waals surface area contributed by atoms with E-state index >= 15 is 0 Å². The highest BCUT2D eigenvalue weighted by Crippen LogP contribution is 2.16. The van der Waals surface area contributed by atoms with Gasteiger partial charge in [0.1, 0.15) is 5.82 Å². The molecule has 0 atom stereocenters. The van der Waals surface area contributed by atoms with Crippen molar-refractivity contribution >= 4 is 0 Å². The first-order valence-electron chi connectivity index (χ1n) is 5.69. The molecule has 0 unspecified atom stereocenters. The fourth-order valence-corrected chi connectivity index (χ4v) is 1.39. The Morgan fingerprint density at radius 3 is 2.62 bits per heavy atom. The number of hydrogen-bond acceptors (Lipinski definition) is 2. The standard InChI is InChI=1S/C13H21FN2/c1-13(2,10-15)7-8-16-9-11-5-3-4-6-12(11)14/h3-6,16H,7-10,15H2,1-2H3. The fraction of sp³-hybridized carbons (Fsp3) is 0.538. The van der Waals surface area contributed by atoms with Crippen LogP contribution in [-0.2, 0) is 6.54 Å². The molecule has 0 fully saturated rings. The third-order valence-corrected chi connectivity index (χ3v) is 2.80. The number of nitrogens with two attached hydrogens (primary N) is 1. The largest absolute Gasteiger partial charge is 0.330 e. The Labute approximate surface area is 97.0 Å². The summed E-state index contributed by atoms with van der Waals surface area (Å²) in [6.45, 7) is 6.38. The van der Waals surface area contributed by atoms with Crippen LogP contribution in [0, 0.1) is 11.2 Å². The topological polar surface area (TPSA) is 38.0 Å². The minimum Gasteiger partial charge on any atom is -0.330 e. The summed E-state index contributed by atoms with van der Waals surface area (Å²) in [5.41, 5.74) is 6.51. The first-order chi connectivity index (χ1) is 7.55. The summed E-state index contributed by atoms with van der Waals surface area (Å²) >= 11 is 0. The van der Waals surface area contributed by atoms with Gasteiger partial charge in [-0.2, -0.15) is 0 Å². The molecular weight excluding hydrogens is 203 g/mol. The van der Waals surface area contributed by atoms with Gasteiger partial charge in [0.15, 0.2) is 0 Å². The molecule has 0 spiro atoms. The SMILES string of the molecule is CC(C)(CN)CCNCc1ccccc1F. The van der Waals surface area contributed by atoms with Crippen molar-refractivity contribution in [2.24, 2.45) is 11.1 Å². The zero-order valence-corrected chi connectivity index (χ0v) is 10.1. The summed E-state index contributed by atoms with van der Waals surface area (Å²) in [7, 11) is 0. The molecule has 1 aromatic carbocycles. The third kappa shape index (κ3) is 4.29. The minimum atomic E-state index is -0.145. The summed E-state index contributed by atoms with van der Waals surface area (Å²) in [5.74, 6) is -0.145. The number of nitrogens with one attached hydrogen (secondary N) is 1. The minimum absolute atomic E-state index is 0.145. The van der Waals surface area contributed by atoms with Crippen molar-refractivity contribution in [1.82, 2.24) is 5.32 Å². The third-order valence-electron chi connectivity index (χ3n) is 2.80. The molecule has 0 aliphatic carbocycles. The van der Waals surface area contributed by atoms with Gasteiger partial charge in [-0.1, -0.05) is 32.0 Å². The van der Waals surface area contributed by atoms with Crippen molar-refractivity contribution < 1.29 is 4.39 Å². The molecular formula is C13H21FN2. The van der Waals surface area contributed by atoms with E-state index in [-0.39, 0.29) is 11.2 Å². The lowest BCUT2D eigenvalue weighted by Gasteiger charge is -2.22. The normalized spacial score (nSPS) is 11.8. The summed E-state index contributed by atoms with van der Waals surface area (Å²) < 4.78 is 13.3. The lowest BCUT2D eigenvalue weighted by atomic mass is 9.90. The van der Waals surface area contributed by atoms with Crippen molar-refractivity contribution in [2.45, 2.75) is 26.8 Å². The van der Waals surface area contributed by atoms with E-state index in [9.17, 15) is 4.39 Å². The molecule has 0 saturated carbocycles. The maximum atomic E-state index is 13.3. The molecule has 3 N–H and O–H groups in total. The second kappa shape index (κ2) is 5.97. The molecule has 0 radical (unpaired) electrons. The molecule has 3 heteroatoms. The number of halogens is 1. The number of rotatable bonds is 6. The van der Waals surface area contributed by atoms with E-state index in [1.165, 1.54) is 6.07 Å². The Bertz CT molecular complexity index is 323. The predicted octanol–water partition coefficient (Wildman–Crippen LogP) is 2.29. The van der Waals surface area contributed by atoms with E-state index in [2.05, 4.69) is 19.2 Å². The van der Waals surface area contributed by atoms with Gasteiger partial charge in [0.25, 0.3) is 0 Å². The van der Waals surface area contributed by atoms with Crippen molar-refractivity contribution in [3.8, 4) is 0 Å². The second-order valence-corrected chi connectivity index (χ2v) is 4.89. The van der Waals surface area contributed by atoms with E-state index in [1.807, 2.05) is 6.07 Å². The highest BCUT2D eigenvalue weighted by Gasteiger charge is 2.14. The molecule has 90 valence electrons. The van der Waals surface area contributed by atoms with Gasteiger partial charge < -0.3 is 11.1 Å². The van der Waals surface area contributed by atoms with Gasteiger partial charge in [0.2, 0.25) is 0 Å². The average molecular weight is 224 g/mol. The van der Waals surface area contributed by atoms with Crippen LogP contribution in [0.25, 0.3) is 0 Å². The van der Waals surface area contributed by atoms with Crippen molar-refractivity contribution in [2.75, 3.05) is 13.1 Å². The summed E-state index contributed by atoms with van der Waals surface area (Å²) in [5, 5.41) is 3.24. The van der Waals surface area contributed by atoms with Crippen LogP contribution in [0.15, 0.2) is 24.3 Å². The Kier molecular flexibility index (Phi) is 4.90. The molecule has 0 saturated heterocycles. The van der Waals surface area contributed by atoms with Crippen molar-refractivity contribution in [3.63, 3.8) is 0 Å². The smallest absolute Gasteiger partial charge is 0.127 e. The summed E-state index contributed by atoms with van der Waals surface area (Å²) in [6, 6.07) is 6.84. The highest BCUT2D eigenvalue weighted by molar-refractivity contribution is 5.16. The Hall–Kier alpha value is -0.930. The average Bonchev–Trinajstić information content (AvgIpc) is 2.27. The zero-order valence-electron chi connectivity index (χ0n) is 10.1. The van der Waals surface area contributed by atoms with Crippen LogP contribution in [-0.4, -0.2) is 13.1 Å². The molecule has 0 heterocycles. The molecule has 1 aromatic rings. The summed E-state index contributed by atoms with van der Waals surface area (Å²) in [6.07, 6.45) is 0.998. The lowest BCUT2D eigenvalue weighted by molar-refractivity contribution is 0.338. The Balaban J connectivity index is 2.29. The monoisotopic (exact) mass is 224 g/mol. The Morgan fingerprint density at radius 2 is 2.00 bits per heavy atom. The predicted molar refractivity (Wildman–Crippen MR) is 65.6 cm³/mol. The van der Waals surface area contributed by atoms with Crippen LogP contribution in [0.1, 0.15) is 25.8 Å². The summed E-state index contributed by atoms with van der Waals surface area (Å²) in [4.78, 5) is 0. The maximum Gasteiger partial charge on any atom is 0.127 e. The van der Waals surface area contributed by atoms with Crippen LogP contribution >= 0.6 is 0 Å². The molecule has 0 aliphatic heterocycles. The molecule has 0 aromatic heterocycles. The lowest BCUT2D eigenvalue weighted by Crippen LogP contribution is -2.28. The van der Waals surface area contributed by atoms with Crippen molar-refractivity contribution in [3.05, 3.63) is 35.6 Å². The zero-order chi connectivity index (χ0) is 12.0. The van der Waals surface area contributed by atoms with Crippen LogP contribution in [0.3, 0.4) is 0 Å². The van der Waals surface area contributed by atoms with Crippen molar-refractivity contribution in [1.29, 1.82) is 0 Å². The fourth-order valence-electron chi connectivity index (χ4n) is 1.39. The van der Waals surface area contributed by atoms with Gasteiger partial charge in [0, 0.05) is 12.1 Å². The van der Waals surface area contributed by atoms with Gasteiger partial charge >= 0.3 is 0 Å². The molecule has 0 bridgehead atoms. The van der Waals surface area contributed by atoms with Crippen LogP contribution in [0.2, 0.25) is 0 Å². The van der Waals surface area contributed by atoms with E-state index in [0.717, 1.165) is 13.0 Å². The Morgan fingerprint density at radius 1 is 1.31 bits per heavy atom. The van der Waals surface area contributed by atoms with E-state index in [1.54, 1.807) is 12.1 Å². The van der Waals surface area contributed by atoms with Crippen LogP contribution in [0.4, 0.5) is 4.39 Å². The molecule has 1 rings (SSSR count). The highest BCUT2D eigenvalue weighted by atomic mass is 19.1. The van der Waals surface area contributed by atoms with Crippen LogP contribution < -0.4 is 11.1 Å². The molecule has 2 nitrogen and oxygen atoms in total. The van der Waals surface area contributed by atoms with E-state index < -0.39 is 0 Å². The molecule has 16 heavy (non-hydrogen) atoms. The van der Waals surface area contributed by atoms with E-state index in [4.69, 9.17) is 5.73 Å². The van der Waals surface area contributed by atoms with Gasteiger partial charge in [-0.15, -0.1) is 0 Å². The molecule has 0 aliphatic rings. The van der Waals surface area contributed by atoms with Gasteiger partial charge in [-0.05, 0) is 31.0 Å². The first-order valence-corrected chi connectivity index (χ1v) is 5.69. The van der Waals surface area contributed by atoms with Gasteiger partial charge in [0.05, 0.1) is 0 Å². The number of benzene rings is 1. The second-order valence-electron chi connectivity index (χ2n) is 4.89. The quantitative estimate of drug-likeness (QED) is 0.728. The maximum absolute atomic E-state index is 13.3. The van der Waals surface area contributed by atoms with E-state index in [0.29, 0.717) is 18.7 Å². The van der Waals surface area contributed by atoms with Gasteiger partial charge in [-0.3, -0.25) is 0 Å².